The minimum Gasteiger partial charge on any atom is -0.299 e. The van der Waals surface area contributed by atoms with Crippen LogP contribution in [-0.2, 0) is 13.1 Å². The molecule has 31 heavy (non-hydrogen) atoms. The Morgan fingerprint density at radius 3 is 2.48 bits per heavy atom. The molecule has 4 aromatic heterocycles. The van der Waals surface area contributed by atoms with E-state index in [1.54, 1.807) is 29.2 Å². The van der Waals surface area contributed by atoms with E-state index in [4.69, 9.17) is 0 Å². The van der Waals surface area contributed by atoms with Crippen LogP contribution < -0.4 is 5.56 Å². The topological polar surface area (TPSA) is 84.5 Å². The van der Waals surface area contributed by atoms with Crippen LogP contribution in [0.1, 0.15) is 5.82 Å². The van der Waals surface area contributed by atoms with Gasteiger partial charge in [0.1, 0.15) is 0 Å². The van der Waals surface area contributed by atoms with Crippen molar-refractivity contribution in [1.29, 1.82) is 0 Å². The van der Waals surface area contributed by atoms with E-state index in [0.29, 0.717) is 6.54 Å². The van der Waals surface area contributed by atoms with E-state index in [9.17, 15) is 4.79 Å². The van der Waals surface area contributed by atoms with Gasteiger partial charge in [0.2, 0.25) is 0 Å². The van der Waals surface area contributed by atoms with E-state index < -0.39 is 0 Å². The summed E-state index contributed by atoms with van der Waals surface area (Å²) in [5.41, 5.74) is 2.55. The normalized spacial score (nSPS) is 15.5. The van der Waals surface area contributed by atoms with E-state index in [0.717, 1.165) is 62.0 Å². The second-order valence-electron chi connectivity index (χ2n) is 7.68. The van der Waals surface area contributed by atoms with Crippen LogP contribution in [-0.4, -0.2) is 71.9 Å². The molecule has 0 atom stereocenters. The van der Waals surface area contributed by atoms with Gasteiger partial charge in [-0.25, -0.2) is 4.68 Å². The van der Waals surface area contributed by atoms with Gasteiger partial charge in [-0.05, 0) is 30.3 Å². The van der Waals surface area contributed by atoms with Crippen LogP contribution >= 0.6 is 0 Å². The van der Waals surface area contributed by atoms with Gasteiger partial charge in [-0.1, -0.05) is 6.07 Å². The van der Waals surface area contributed by atoms with Gasteiger partial charge in [-0.15, -0.1) is 10.2 Å². The summed E-state index contributed by atoms with van der Waals surface area (Å²) in [6.07, 6.45) is 5.47. The van der Waals surface area contributed by atoms with Gasteiger partial charge in [0, 0.05) is 62.9 Å². The number of hydrogen-bond donors (Lipinski definition) is 0. The van der Waals surface area contributed by atoms with Crippen molar-refractivity contribution >= 4 is 5.65 Å². The Labute approximate surface area is 179 Å². The Bertz CT molecular complexity index is 1210. The fraction of sp³-hybridized carbons (Fsp3) is 0.318. The summed E-state index contributed by atoms with van der Waals surface area (Å²) >= 11 is 0. The standard InChI is InChI=1S/C22H24N8O/c31-22-5-4-19(18-6-8-23-9-7-18)26-30(22)16-15-27-11-13-28(14-12-27)17-21-25-24-20-3-1-2-10-29(20)21/h1-10H,11-17H2. The number of hydrogen-bond acceptors (Lipinski definition) is 7. The molecule has 1 fully saturated rings. The summed E-state index contributed by atoms with van der Waals surface area (Å²) in [5, 5.41) is 13.1. The summed E-state index contributed by atoms with van der Waals surface area (Å²) in [5.74, 6) is 0.965. The van der Waals surface area contributed by atoms with E-state index in [2.05, 4.69) is 30.1 Å². The van der Waals surface area contributed by atoms with Gasteiger partial charge in [0.25, 0.3) is 5.56 Å². The summed E-state index contributed by atoms with van der Waals surface area (Å²) < 4.78 is 3.60. The molecular weight excluding hydrogens is 392 g/mol. The van der Waals surface area contributed by atoms with Gasteiger partial charge < -0.3 is 0 Å². The summed E-state index contributed by atoms with van der Waals surface area (Å²) in [4.78, 5) is 21.1. The predicted octanol–water partition coefficient (Wildman–Crippen LogP) is 1.17. The number of pyridine rings is 2. The Balaban J connectivity index is 1.17. The molecule has 1 aliphatic rings. The van der Waals surface area contributed by atoms with Gasteiger partial charge in [-0.2, -0.15) is 5.10 Å². The molecule has 5 heterocycles. The smallest absolute Gasteiger partial charge is 0.266 e. The van der Waals surface area contributed by atoms with Crippen LogP contribution in [0.25, 0.3) is 16.9 Å². The first-order valence-electron chi connectivity index (χ1n) is 10.5. The molecule has 0 amide bonds. The number of piperazine rings is 1. The number of rotatable bonds is 6. The number of nitrogens with zero attached hydrogens (tertiary/aromatic N) is 8. The first kappa shape index (κ1) is 19.5. The lowest BCUT2D eigenvalue weighted by atomic mass is 10.2. The molecule has 0 N–H and O–H groups in total. The molecule has 158 valence electrons. The quantitative estimate of drug-likeness (QED) is 0.466. The molecule has 0 radical (unpaired) electrons. The van der Waals surface area contributed by atoms with Crippen molar-refractivity contribution < 1.29 is 0 Å². The van der Waals surface area contributed by atoms with Gasteiger partial charge in [0.05, 0.1) is 18.8 Å². The molecule has 0 saturated carbocycles. The molecule has 0 bridgehead atoms. The second kappa shape index (κ2) is 8.75. The van der Waals surface area contributed by atoms with Crippen molar-refractivity contribution in [3.63, 3.8) is 0 Å². The summed E-state index contributed by atoms with van der Waals surface area (Å²) in [7, 11) is 0. The van der Waals surface area contributed by atoms with Crippen molar-refractivity contribution in [1.82, 2.24) is 39.2 Å². The van der Waals surface area contributed by atoms with E-state index in [1.807, 2.05) is 40.9 Å². The lowest BCUT2D eigenvalue weighted by molar-refractivity contribution is 0.120. The SMILES string of the molecule is O=c1ccc(-c2ccncc2)nn1CCN1CCN(Cc2nnc3ccccn23)CC1. The van der Waals surface area contributed by atoms with Crippen LogP contribution in [0.4, 0.5) is 0 Å². The molecule has 9 nitrogen and oxygen atoms in total. The molecular formula is C22H24N8O. The second-order valence-corrected chi connectivity index (χ2v) is 7.68. The molecule has 0 spiro atoms. The van der Waals surface area contributed by atoms with Crippen molar-refractivity contribution in [3.8, 4) is 11.3 Å². The van der Waals surface area contributed by atoms with E-state index in [1.165, 1.54) is 0 Å². The molecule has 0 aromatic carbocycles. The van der Waals surface area contributed by atoms with Crippen LogP contribution in [0.15, 0.2) is 65.8 Å². The van der Waals surface area contributed by atoms with Crippen molar-refractivity contribution in [2.24, 2.45) is 0 Å². The highest BCUT2D eigenvalue weighted by Gasteiger charge is 2.19. The summed E-state index contributed by atoms with van der Waals surface area (Å²) in [6.45, 7) is 5.99. The fourth-order valence-corrected chi connectivity index (χ4v) is 3.89. The first-order valence-corrected chi connectivity index (χ1v) is 10.5. The van der Waals surface area contributed by atoms with Crippen LogP contribution in [0, 0.1) is 0 Å². The molecule has 4 aromatic rings. The maximum Gasteiger partial charge on any atom is 0.266 e. The minimum atomic E-state index is -0.0740. The van der Waals surface area contributed by atoms with Gasteiger partial charge >= 0.3 is 0 Å². The minimum absolute atomic E-state index is 0.0740. The zero-order chi connectivity index (χ0) is 21.0. The fourth-order valence-electron chi connectivity index (χ4n) is 3.89. The maximum atomic E-state index is 12.3. The monoisotopic (exact) mass is 416 g/mol. The number of aromatic nitrogens is 6. The highest BCUT2D eigenvalue weighted by atomic mass is 16.1. The van der Waals surface area contributed by atoms with Crippen LogP contribution in [0.2, 0.25) is 0 Å². The highest BCUT2D eigenvalue weighted by molar-refractivity contribution is 5.56. The predicted molar refractivity (Wildman–Crippen MR) is 116 cm³/mol. The van der Waals surface area contributed by atoms with Crippen molar-refractivity contribution in [2.45, 2.75) is 13.1 Å². The van der Waals surface area contributed by atoms with Crippen LogP contribution in [0.5, 0.6) is 0 Å². The molecule has 1 aliphatic heterocycles. The number of fused-ring (bicyclic) bond motifs is 1. The van der Waals surface area contributed by atoms with Gasteiger partial charge in [-0.3, -0.25) is 24.0 Å². The highest BCUT2D eigenvalue weighted by Crippen LogP contribution is 2.13. The Kier molecular flexibility index (Phi) is 5.51. The molecule has 0 unspecified atom stereocenters. The van der Waals surface area contributed by atoms with E-state index >= 15 is 0 Å². The molecule has 5 rings (SSSR count). The average molecular weight is 416 g/mol. The average Bonchev–Trinajstić information content (AvgIpc) is 3.23. The molecule has 0 aliphatic carbocycles. The molecule has 9 heteroatoms. The summed E-state index contributed by atoms with van der Waals surface area (Å²) in [6, 6.07) is 13.1. The van der Waals surface area contributed by atoms with Gasteiger partial charge in [0.15, 0.2) is 11.5 Å². The Morgan fingerprint density at radius 2 is 1.65 bits per heavy atom. The lowest BCUT2D eigenvalue weighted by Gasteiger charge is -2.34. The third-order valence-corrected chi connectivity index (χ3v) is 5.69. The Hall–Kier alpha value is -3.43. The third kappa shape index (κ3) is 4.37. The lowest BCUT2D eigenvalue weighted by Crippen LogP contribution is -2.47. The van der Waals surface area contributed by atoms with Crippen molar-refractivity contribution in [2.75, 3.05) is 32.7 Å². The zero-order valence-corrected chi connectivity index (χ0v) is 17.2. The van der Waals surface area contributed by atoms with E-state index in [-0.39, 0.29) is 5.56 Å². The van der Waals surface area contributed by atoms with Crippen LogP contribution in [0.3, 0.4) is 0 Å². The third-order valence-electron chi connectivity index (χ3n) is 5.69. The largest absolute Gasteiger partial charge is 0.299 e. The van der Waals surface area contributed by atoms with Crippen molar-refractivity contribution in [3.05, 3.63) is 77.2 Å². The molecule has 1 saturated heterocycles. The maximum absolute atomic E-state index is 12.3. The Morgan fingerprint density at radius 1 is 0.839 bits per heavy atom. The first-order chi connectivity index (χ1) is 15.3. The zero-order valence-electron chi connectivity index (χ0n) is 17.2.